The predicted molar refractivity (Wildman–Crippen MR) is 109 cm³/mol. The summed E-state index contributed by atoms with van der Waals surface area (Å²) in [5, 5.41) is 27.1. The van der Waals surface area contributed by atoms with Gasteiger partial charge in [-0.3, -0.25) is 19.7 Å². The second-order valence-corrected chi connectivity index (χ2v) is 6.24. The van der Waals surface area contributed by atoms with E-state index in [2.05, 4.69) is 15.8 Å². The van der Waals surface area contributed by atoms with E-state index in [4.69, 9.17) is 4.74 Å². The summed E-state index contributed by atoms with van der Waals surface area (Å²) in [6.07, 6.45) is 1.15. The lowest BCUT2D eigenvalue weighted by Gasteiger charge is -2.10. The van der Waals surface area contributed by atoms with Gasteiger partial charge in [-0.15, -0.1) is 0 Å². The highest BCUT2D eigenvalue weighted by molar-refractivity contribution is 6.03. The molecule has 30 heavy (non-hydrogen) atoms. The van der Waals surface area contributed by atoms with E-state index < -0.39 is 28.2 Å². The molecular formula is C20H20N4O6. The minimum absolute atomic E-state index is 0.0234. The molecule has 0 heterocycles. The Kier molecular flexibility index (Phi) is 7.23. The van der Waals surface area contributed by atoms with Crippen LogP contribution >= 0.6 is 0 Å². The average Bonchev–Trinajstić information content (AvgIpc) is 2.72. The van der Waals surface area contributed by atoms with Crippen LogP contribution in [0.2, 0.25) is 0 Å². The fourth-order valence-corrected chi connectivity index (χ4v) is 2.39. The van der Waals surface area contributed by atoms with Crippen molar-refractivity contribution >= 4 is 23.7 Å². The van der Waals surface area contributed by atoms with Gasteiger partial charge in [-0.2, -0.15) is 5.10 Å². The quantitative estimate of drug-likeness (QED) is 0.276. The lowest BCUT2D eigenvalue weighted by Crippen LogP contribution is -2.33. The Labute approximate surface area is 172 Å². The van der Waals surface area contributed by atoms with Crippen LogP contribution in [0.15, 0.2) is 58.8 Å². The molecule has 2 amide bonds. The molecule has 10 heteroatoms. The van der Waals surface area contributed by atoms with E-state index in [9.17, 15) is 24.8 Å². The Morgan fingerprint density at radius 3 is 2.43 bits per heavy atom. The molecule has 2 aromatic rings. The highest BCUT2D eigenvalue weighted by Crippen LogP contribution is 2.36. The van der Waals surface area contributed by atoms with Crippen LogP contribution in [0.3, 0.4) is 0 Å². The highest BCUT2D eigenvalue weighted by Gasteiger charge is 2.19. The molecule has 0 bridgehead atoms. The summed E-state index contributed by atoms with van der Waals surface area (Å²) in [5.74, 6) is -1.85. The van der Waals surface area contributed by atoms with E-state index in [0.29, 0.717) is 11.1 Å². The van der Waals surface area contributed by atoms with Gasteiger partial charge in [-0.25, -0.2) is 5.43 Å². The number of nitrogens with one attached hydrogen (secondary N) is 2. The van der Waals surface area contributed by atoms with Crippen LogP contribution in [0.5, 0.6) is 11.5 Å². The number of phenolic OH excluding ortho intramolecular Hbond substituents is 1. The Balaban J connectivity index is 2.15. The number of methoxy groups -OCH3 is 1. The maximum atomic E-state index is 12.4. The molecule has 156 valence electrons. The molecule has 0 fully saturated rings. The maximum Gasteiger partial charge on any atom is 0.315 e. The summed E-state index contributed by atoms with van der Waals surface area (Å²) in [6.45, 7) is 3.30. The Bertz CT molecular complexity index is 1030. The van der Waals surface area contributed by atoms with E-state index in [1.165, 1.54) is 13.2 Å². The number of carbonyl (C=O) groups is 2. The van der Waals surface area contributed by atoms with Crippen LogP contribution in [0.1, 0.15) is 29.8 Å². The maximum absolute atomic E-state index is 12.4. The summed E-state index contributed by atoms with van der Waals surface area (Å²) in [5.41, 5.74) is 2.86. The van der Waals surface area contributed by atoms with Gasteiger partial charge < -0.3 is 15.2 Å². The summed E-state index contributed by atoms with van der Waals surface area (Å²) in [6, 6.07) is 10.8. The van der Waals surface area contributed by atoms with Crippen LogP contribution in [0.4, 0.5) is 5.69 Å². The number of nitrogens with zero attached hydrogens (tertiary/aromatic N) is 2. The molecule has 2 rings (SSSR count). The van der Waals surface area contributed by atoms with Crippen molar-refractivity contribution in [3.05, 3.63) is 75.0 Å². The summed E-state index contributed by atoms with van der Waals surface area (Å²) in [4.78, 5) is 35.0. The molecule has 0 spiro atoms. The van der Waals surface area contributed by atoms with E-state index >= 15 is 0 Å². The third-order valence-corrected chi connectivity index (χ3v) is 3.88. The number of phenols is 1. The van der Waals surface area contributed by atoms with Gasteiger partial charge in [0.05, 0.1) is 18.2 Å². The molecule has 2 aromatic carbocycles. The fourth-order valence-electron chi connectivity index (χ4n) is 2.39. The zero-order valence-corrected chi connectivity index (χ0v) is 16.5. The Morgan fingerprint density at radius 2 is 1.87 bits per heavy atom. The molecule has 0 radical (unpaired) electrons. The summed E-state index contributed by atoms with van der Waals surface area (Å²) >= 11 is 0. The summed E-state index contributed by atoms with van der Waals surface area (Å²) < 4.78 is 4.90. The Morgan fingerprint density at radius 1 is 1.20 bits per heavy atom. The second-order valence-electron chi connectivity index (χ2n) is 6.24. The van der Waals surface area contributed by atoms with Crippen LogP contribution in [0.25, 0.3) is 0 Å². The normalized spacial score (nSPS) is 10.4. The number of amides is 2. The fraction of sp³-hybridized carbons (Fsp3) is 0.150. The smallest absolute Gasteiger partial charge is 0.315 e. The number of benzene rings is 2. The molecule has 3 N–H and O–H groups in total. The predicted octanol–water partition coefficient (Wildman–Crippen LogP) is 2.48. The lowest BCUT2D eigenvalue weighted by molar-refractivity contribution is -0.386. The molecule has 0 aliphatic heterocycles. The van der Waals surface area contributed by atoms with Crippen molar-refractivity contribution in [1.29, 1.82) is 0 Å². The van der Waals surface area contributed by atoms with Crippen molar-refractivity contribution < 1.29 is 24.4 Å². The molecule has 10 nitrogen and oxygen atoms in total. The van der Waals surface area contributed by atoms with Gasteiger partial charge in [0.2, 0.25) is 5.75 Å². The monoisotopic (exact) mass is 412 g/mol. The van der Waals surface area contributed by atoms with Crippen molar-refractivity contribution in [1.82, 2.24) is 10.7 Å². The molecule has 0 saturated heterocycles. The van der Waals surface area contributed by atoms with Crippen molar-refractivity contribution in [2.45, 2.75) is 13.8 Å². The third-order valence-electron chi connectivity index (χ3n) is 3.88. The van der Waals surface area contributed by atoms with E-state index in [1.807, 2.05) is 0 Å². The molecule has 0 aromatic heterocycles. The van der Waals surface area contributed by atoms with Gasteiger partial charge in [0, 0.05) is 17.2 Å². The first-order valence-electron chi connectivity index (χ1n) is 8.67. The number of carbonyl (C=O) groups excluding carboxylic acids is 2. The number of hydrogen-bond donors (Lipinski definition) is 3. The molecular weight excluding hydrogens is 392 g/mol. The first kappa shape index (κ1) is 22.1. The van der Waals surface area contributed by atoms with Gasteiger partial charge in [0.25, 0.3) is 11.8 Å². The number of ether oxygens (including phenoxy) is 1. The average molecular weight is 412 g/mol. The van der Waals surface area contributed by atoms with Crippen LogP contribution in [0, 0.1) is 10.1 Å². The van der Waals surface area contributed by atoms with E-state index in [0.717, 1.165) is 12.3 Å². The number of allylic oxidation sites excluding steroid dienone is 1. The first-order chi connectivity index (χ1) is 14.2. The standard InChI is InChI=1S/C20H20N4O6/c1-12(2)17(22-19(26)14-7-5-4-6-8-14)20(27)23-21-11-13-9-15(24(28)29)18(25)16(10-13)30-3/h4-11,25H,1-3H3,(H,22,26)(H,23,27)/b21-11+. The zero-order chi connectivity index (χ0) is 22.3. The molecule has 0 atom stereocenters. The molecule has 0 aliphatic rings. The van der Waals surface area contributed by atoms with E-state index in [-0.39, 0.29) is 17.0 Å². The van der Waals surface area contributed by atoms with Crippen molar-refractivity contribution in [2.75, 3.05) is 7.11 Å². The minimum Gasteiger partial charge on any atom is -0.500 e. The zero-order valence-electron chi connectivity index (χ0n) is 16.5. The molecule has 0 aliphatic carbocycles. The van der Waals surface area contributed by atoms with Crippen LogP contribution in [-0.4, -0.2) is 35.2 Å². The van der Waals surface area contributed by atoms with E-state index in [1.54, 1.807) is 44.2 Å². The number of rotatable bonds is 7. The van der Waals surface area contributed by atoms with Crippen molar-refractivity contribution in [3.63, 3.8) is 0 Å². The second kappa shape index (κ2) is 9.82. The van der Waals surface area contributed by atoms with Crippen molar-refractivity contribution in [2.24, 2.45) is 5.10 Å². The lowest BCUT2D eigenvalue weighted by atomic mass is 10.2. The number of hydrazone groups is 1. The number of nitro benzene ring substituents is 1. The largest absolute Gasteiger partial charge is 0.500 e. The van der Waals surface area contributed by atoms with Gasteiger partial charge in [-0.1, -0.05) is 18.2 Å². The SMILES string of the molecule is COc1cc(/C=N/NC(=O)C(NC(=O)c2ccccc2)=C(C)C)cc([N+](=O)[O-])c1O. The van der Waals surface area contributed by atoms with Gasteiger partial charge in [-0.05, 0) is 37.6 Å². The topological polar surface area (TPSA) is 143 Å². The van der Waals surface area contributed by atoms with Gasteiger partial charge >= 0.3 is 5.69 Å². The molecule has 0 saturated carbocycles. The molecule has 0 unspecified atom stereocenters. The highest BCUT2D eigenvalue weighted by atomic mass is 16.6. The minimum atomic E-state index is -0.770. The van der Waals surface area contributed by atoms with Gasteiger partial charge in [0.1, 0.15) is 5.70 Å². The number of aromatic hydroxyl groups is 1. The number of nitro groups is 1. The Hall–Kier alpha value is -4.21. The van der Waals surface area contributed by atoms with Crippen molar-refractivity contribution in [3.8, 4) is 11.5 Å². The van der Waals surface area contributed by atoms with Crippen LogP contribution < -0.4 is 15.5 Å². The first-order valence-corrected chi connectivity index (χ1v) is 8.67. The van der Waals surface area contributed by atoms with Gasteiger partial charge in [0.15, 0.2) is 5.75 Å². The number of hydrogen-bond acceptors (Lipinski definition) is 7. The third kappa shape index (κ3) is 5.41. The summed E-state index contributed by atoms with van der Waals surface area (Å²) in [7, 11) is 1.25. The van der Waals surface area contributed by atoms with Crippen LogP contribution in [-0.2, 0) is 4.79 Å².